The van der Waals surface area contributed by atoms with Gasteiger partial charge in [0, 0.05) is 12.8 Å². The normalized spacial score (nSPS) is 34.9. The number of carbonyl (C=O) groups is 1. The minimum atomic E-state index is -1.81. The second kappa shape index (κ2) is 4.27. The van der Waals surface area contributed by atoms with Crippen LogP contribution in [-0.4, -0.2) is 31.9 Å². The lowest BCUT2D eigenvalue weighted by Crippen LogP contribution is -2.50. The Balaban J connectivity index is 2.08. The number of carbonyl (C=O) groups excluding carboxylic acids is 1. The molecule has 2 rings (SSSR count). The summed E-state index contributed by atoms with van der Waals surface area (Å²) < 4.78 is 12.4. The third-order valence-electron chi connectivity index (χ3n) is 4.70. The van der Waals surface area contributed by atoms with E-state index in [9.17, 15) is 4.79 Å². The van der Waals surface area contributed by atoms with Gasteiger partial charge in [-0.1, -0.05) is 32.9 Å². The van der Waals surface area contributed by atoms with Gasteiger partial charge in [-0.3, -0.25) is 4.79 Å². The number of ketones is 1. The smallest absolute Gasteiger partial charge is 0.192 e. The van der Waals surface area contributed by atoms with E-state index in [1.54, 1.807) is 0 Å². The van der Waals surface area contributed by atoms with E-state index in [1.165, 1.54) is 0 Å². The summed E-state index contributed by atoms with van der Waals surface area (Å²) >= 11 is 0. The van der Waals surface area contributed by atoms with Crippen LogP contribution in [0.5, 0.6) is 0 Å². The van der Waals surface area contributed by atoms with E-state index in [4.69, 9.17) is 9.16 Å². The third-order valence-corrected chi connectivity index (χ3v) is 9.18. The maximum absolute atomic E-state index is 11.9. The van der Waals surface area contributed by atoms with Gasteiger partial charge in [0.05, 0.1) is 12.2 Å². The summed E-state index contributed by atoms with van der Waals surface area (Å²) in [5, 5.41) is 0.175. The Hall–Kier alpha value is -0.453. The molecule has 0 aliphatic carbocycles. The predicted molar refractivity (Wildman–Crippen MR) is 78.8 cm³/mol. The average Bonchev–Trinajstić information content (AvgIpc) is 2.46. The van der Waals surface area contributed by atoms with E-state index in [-0.39, 0.29) is 10.8 Å². The molecule has 2 aliphatic heterocycles. The Kier molecular flexibility index (Phi) is 3.36. The molecule has 1 saturated heterocycles. The van der Waals surface area contributed by atoms with Gasteiger partial charge in [0.15, 0.2) is 8.32 Å². The number of ether oxygens (including phenoxy) is 1. The highest BCUT2D eigenvalue weighted by atomic mass is 28.4. The first-order chi connectivity index (χ1) is 8.47. The van der Waals surface area contributed by atoms with Crippen molar-refractivity contribution in [3.63, 3.8) is 0 Å². The van der Waals surface area contributed by atoms with Gasteiger partial charge in [0.2, 0.25) is 0 Å². The molecule has 1 fully saturated rings. The van der Waals surface area contributed by atoms with E-state index in [1.807, 2.05) is 19.1 Å². The molecule has 0 aromatic carbocycles. The maximum Gasteiger partial charge on any atom is 0.192 e. The highest BCUT2D eigenvalue weighted by Crippen LogP contribution is 2.43. The molecule has 2 heterocycles. The zero-order chi connectivity index (χ0) is 14.5. The molecule has 0 radical (unpaired) electrons. The highest BCUT2D eigenvalue weighted by Gasteiger charge is 2.50. The molecule has 2 unspecified atom stereocenters. The van der Waals surface area contributed by atoms with Gasteiger partial charge in [0.25, 0.3) is 0 Å². The van der Waals surface area contributed by atoms with E-state index in [0.717, 1.165) is 0 Å². The lowest BCUT2D eigenvalue weighted by Gasteiger charge is -2.42. The number of hydrogen-bond acceptors (Lipinski definition) is 3. The molecule has 2 atom stereocenters. The minimum absolute atomic E-state index is 0.175. The number of fused-ring (bicyclic) bond motifs is 2. The number of Topliss-reactive ketones (excluding diaryl/α,β-unsaturated/α-hetero) is 1. The van der Waals surface area contributed by atoms with Gasteiger partial charge in [-0.15, -0.1) is 0 Å². The van der Waals surface area contributed by atoms with Crippen molar-refractivity contribution in [2.24, 2.45) is 0 Å². The molecule has 0 spiro atoms. The Morgan fingerprint density at radius 3 is 2.53 bits per heavy atom. The topological polar surface area (TPSA) is 35.5 Å². The number of rotatable bonds is 3. The van der Waals surface area contributed by atoms with Gasteiger partial charge in [-0.2, -0.15) is 0 Å². The Morgan fingerprint density at radius 1 is 1.32 bits per heavy atom. The highest BCUT2D eigenvalue weighted by molar-refractivity contribution is 6.74. The van der Waals surface area contributed by atoms with Crippen LogP contribution in [0.15, 0.2) is 12.2 Å². The summed E-state index contributed by atoms with van der Waals surface area (Å²) in [6.45, 7) is 13.6. The Morgan fingerprint density at radius 2 is 1.95 bits per heavy atom. The summed E-state index contributed by atoms with van der Waals surface area (Å²) in [4.78, 5) is 11.9. The molecule has 3 nitrogen and oxygen atoms in total. The summed E-state index contributed by atoms with van der Waals surface area (Å²) in [7, 11) is -1.81. The van der Waals surface area contributed by atoms with Crippen LogP contribution >= 0.6 is 0 Å². The molecule has 0 amide bonds. The fourth-order valence-corrected chi connectivity index (χ4v) is 3.52. The number of hydrogen-bond donors (Lipinski definition) is 0. The first-order valence-corrected chi connectivity index (χ1v) is 9.94. The Bertz CT molecular complexity index is 422. The van der Waals surface area contributed by atoms with Gasteiger partial charge < -0.3 is 9.16 Å². The molecule has 0 aromatic rings. The Labute approximate surface area is 117 Å². The van der Waals surface area contributed by atoms with Gasteiger partial charge in [0.1, 0.15) is 11.4 Å². The molecule has 0 N–H and O–H groups in total. The van der Waals surface area contributed by atoms with Gasteiger partial charge >= 0.3 is 0 Å². The quantitative estimate of drug-likeness (QED) is 0.587. The summed E-state index contributed by atoms with van der Waals surface area (Å²) in [5.41, 5.74) is -0.925. The van der Waals surface area contributed by atoms with E-state index in [0.29, 0.717) is 19.4 Å². The second-order valence-electron chi connectivity index (χ2n) is 7.75. The molecule has 19 heavy (non-hydrogen) atoms. The van der Waals surface area contributed by atoms with E-state index in [2.05, 4.69) is 33.9 Å². The predicted octanol–water partition coefficient (Wildman–Crippen LogP) is 3.46. The zero-order valence-corrected chi connectivity index (χ0v) is 14.0. The average molecular weight is 282 g/mol. The maximum atomic E-state index is 11.9. The molecule has 0 saturated carbocycles. The van der Waals surface area contributed by atoms with Crippen molar-refractivity contribution in [2.45, 2.75) is 69.9 Å². The monoisotopic (exact) mass is 282 g/mol. The van der Waals surface area contributed by atoms with Crippen molar-refractivity contribution in [1.29, 1.82) is 0 Å². The van der Waals surface area contributed by atoms with Crippen LogP contribution in [0, 0.1) is 0 Å². The molecule has 4 heteroatoms. The molecular formula is C15H26O3Si. The molecule has 2 bridgehead atoms. The first kappa shape index (κ1) is 14.9. The molecule has 0 aromatic heterocycles. The van der Waals surface area contributed by atoms with Crippen molar-refractivity contribution < 1.29 is 14.0 Å². The van der Waals surface area contributed by atoms with Crippen molar-refractivity contribution in [3.8, 4) is 0 Å². The van der Waals surface area contributed by atoms with Crippen LogP contribution in [0.3, 0.4) is 0 Å². The van der Waals surface area contributed by atoms with Crippen LogP contribution < -0.4 is 0 Å². The van der Waals surface area contributed by atoms with Crippen molar-refractivity contribution in [3.05, 3.63) is 12.2 Å². The van der Waals surface area contributed by atoms with Crippen LogP contribution in [0.4, 0.5) is 0 Å². The van der Waals surface area contributed by atoms with Crippen LogP contribution in [0.2, 0.25) is 18.1 Å². The van der Waals surface area contributed by atoms with E-state index < -0.39 is 19.5 Å². The zero-order valence-electron chi connectivity index (χ0n) is 13.0. The molecule has 2 aliphatic rings. The lowest BCUT2D eigenvalue weighted by atomic mass is 9.92. The van der Waals surface area contributed by atoms with Crippen LogP contribution in [0.1, 0.15) is 40.5 Å². The van der Waals surface area contributed by atoms with E-state index >= 15 is 0 Å². The summed E-state index contributed by atoms with van der Waals surface area (Å²) in [6.07, 6.45) is 5.02. The van der Waals surface area contributed by atoms with Crippen molar-refractivity contribution in [2.75, 3.05) is 6.61 Å². The molecule has 108 valence electrons. The standard InChI is InChI=1S/C15H26O3Si/c1-13(2,3)19(5,6)17-11-15-8-7-14(4,18-15)9-12(16)10-15/h7-8H,9-11H2,1-6H3. The third kappa shape index (κ3) is 2.85. The fraction of sp³-hybridized carbons (Fsp3) is 0.800. The van der Waals surface area contributed by atoms with Crippen LogP contribution in [0.25, 0.3) is 0 Å². The van der Waals surface area contributed by atoms with Crippen molar-refractivity contribution in [1.82, 2.24) is 0 Å². The van der Waals surface area contributed by atoms with Crippen LogP contribution in [-0.2, 0) is 14.0 Å². The first-order valence-electron chi connectivity index (χ1n) is 7.03. The largest absolute Gasteiger partial charge is 0.414 e. The van der Waals surface area contributed by atoms with Gasteiger partial charge in [-0.05, 0) is 25.1 Å². The van der Waals surface area contributed by atoms with Gasteiger partial charge in [-0.25, -0.2) is 0 Å². The minimum Gasteiger partial charge on any atom is -0.414 e. The summed E-state index contributed by atoms with van der Waals surface area (Å²) in [5.74, 6) is 0.276. The summed E-state index contributed by atoms with van der Waals surface area (Å²) in [6, 6.07) is 0. The SMILES string of the molecule is CC12C=CC(CO[Si](C)(C)C(C)(C)C)(CC(=O)C1)O2. The lowest BCUT2D eigenvalue weighted by molar-refractivity contribution is -0.157. The van der Waals surface area contributed by atoms with Crippen molar-refractivity contribution >= 4 is 14.1 Å². The molecular weight excluding hydrogens is 256 g/mol. The second-order valence-corrected chi connectivity index (χ2v) is 12.6. The fourth-order valence-electron chi connectivity index (χ4n) is 2.49.